The van der Waals surface area contributed by atoms with Crippen LogP contribution in [0.1, 0.15) is 40.9 Å². The second kappa shape index (κ2) is 11.6. The minimum absolute atomic E-state index is 0.0932. The van der Waals surface area contributed by atoms with Gasteiger partial charge in [0.05, 0.1) is 29.6 Å². The summed E-state index contributed by atoms with van der Waals surface area (Å²) in [5.74, 6) is -3.36. The van der Waals surface area contributed by atoms with Crippen LogP contribution in [0.3, 0.4) is 0 Å². The topological polar surface area (TPSA) is 64.2 Å². The number of hydrogen-bond acceptors (Lipinski definition) is 4. The maximum Gasteiger partial charge on any atom is 0.337 e. The lowest BCUT2D eigenvalue weighted by Crippen LogP contribution is -2.06. The van der Waals surface area contributed by atoms with Gasteiger partial charge in [0.1, 0.15) is 18.2 Å². The minimum atomic E-state index is -1.07. The first kappa shape index (κ1) is 27.5. The third kappa shape index (κ3) is 5.39. The average Bonchev–Trinajstić information content (AvgIpc) is 3.32. The number of nitrogens with zero attached hydrogens (tertiary/aromatic N) is 2. The van der Waals surface area contributed by atoms with Gasteiger partial charge < -0.3 is 14.0 Å². The summed E-state index contributed by atoms with van der Waals surface area (Å²) in [6, 6.07) is 24.3. The largest absolute Gasteiger partial charge is 0.488 e. The van der Waals surface area contributed by atoms with Crippen molar-refractivity contribution in [3.8, 4) is 28.6 Å². The molecule has 5 nitrogen and oxygen atoms in total. The Balaban J connectivity index is 1.84. The molecule has 0 spiro atoms. The lowest BCUT2D eigenvalue weighted by atomic mass is 9.93. The fraction of sp³-hybridized carbons (Fsp3) is 0.152. The molecule has 206 valence electrons. The van der Waals surface area contributed by atoms with Crippen molar-refractivity contribution in [1.29, 1.82) is 5.26 Å². The number of carbonyl (C=O) groups excluding carboxylic acids is 1. The number of carbonyl (C=O) groups is 1. The van der Waals surface area contributed by atoms with Crippen LogP contribution in [0.2, 0.25) is 0 Å². The van der Waals surface area contributed by atoms with Gasteiger partial charge >= 0.3 is 5.97 Å². The molecular weight excluding hydrogens is 529 g/mol. The highest BCUT2D eigenvalue weighted by Gasteiger charge is 2.27. The molecule has 0 saturated heterocycles. The summed E-state index contributed by atoms with van der Waals surface area (Å²) in [5.41, 5.74) is 3.66. The maximum atomic E-state index is 15.2. The van der Waals surface area contributed by atoms with E-state index in [1.165, 1.54) is 25.3 Å². The molecule has 0 aliphatic rings. The number of methoxy groups -OCH3 is 1. The van der Waals surface area contributed by atoms with Crippen LogP contribution < -0.4 is 4.74 Å². The molecule has 0 bridgehead atoms. The van der Waals surface area contributed by atoms with E-state index < -0.39 is 29.3 Å². The first-order valence-electron chi connectivity index (χ1n) is 12.9. The van der Waals surface area contributed by atoms with Gasteiger partial charge in [-0.3, -0.25) is 0 Å². The Bertz CT molecular complexity index is 1770. The third-order valence-corrected chi connectivity index (χ3v) is 6.89. The number of aromatic nitrogens is 1. The summed E-state index contributed by atoms with van der Waals surface area (Å²) in [6.07, 6.45) is 0.0932. The lowest BCUT2D eigenvalue weighted by molar-refractivity contribution is 0.0600. The number of hydrogen-bond donors (Lipinski definition) is 0. The van der Waals surface area contributed by atoms with Gasteiger partial charge in [-0.15, -0.1) is 0 Å². The molecule has 0 aliphatic carbocycles. The zero-order chi connectivity index (χ0) is 29.1. The molecule has 1 unspecified atom stereocenters. The van der Waals surface area contributed by atoms with Gasteiger partial charge in [0, 0.05) is 41.4 Å². The van der Waals surface area contributed by atoms with Gasteiger partial charge in [-0.1, -0.05) is 49.4 Å². The van der Waals surface area contributed by atoms with Crippen molar-refractivity contribution in [3.05, 3.63) is 119 Å². The van der Waals surface area contributed by atoms with Gasteiger partial charge in [-0.25, -0.2) is 18.0 Å². The molecule has 5 aromatic rings. The van der Waals surface area contributed by atoms with E-state index in [4.69, 9.17) is 9.47 Å². The summed E-state index contributed by atoms with van der Waals surface area (Å²) >= 11 is 0. The number of rotatable bonds is 8. The first-order valence-corrected chi connectivity index (χ1v) is 12.9. The van der Waals surface area contributed by atoms with Crippen LogP contribution in [0.15, 0.2) is 84.9 Å². The Morgan fingerprint density at radius 1 is 0.951 bits per heavy atom. The fourth-order valence-corrected chi connectivity index (χ4v) is 5.00. The molecule has 1 atom stereocenters. The molecule has 5 rings (SSSR count). The smallest absolute Gasteiger partial charge is 0.337 e. The zero-order valence-electron chi connectivity index (χ0n) is 22.3. The third-order valence-electron chi connectivity index (χ3n) is 6.89. The number of esters is 1. The Hall–Kier alpha value is -5.03. The molecule has 0 radical (unpaired) electrons. The molecule has 41 heavy (non-hydrogen) atoms. The summed E-state index contributed by atoms with van der Waals surface area (Å²) in [4.78, 5) is 12.1. The van der Waals surface area contributed by atoms with Crippen molar-refractivity contribution in [2.75, 3.05) is 7.11 Å². The quantitative estimate of drug-likeness (QED) is 0.182. The van der Waals surface area contributed by atoms with E-state index in [1.54, 1.807) is 28.8 Å². The predicted octanol–water partition coefficient (Wildman–Crippen LogP) is 8.10. The molecule has 0 fully saturated rings. The molecule has 8 heteroatoms. The Kier molecular flexibility index (Phi) is 7.79. The van der Waals surface area contributed by atoms with Gasteiger partial charge in [0.15, 0.2) is 11.6 Å². The highest BCUT2D eigenvalue weighted by molar-refractivity contribution is 6.04. The molecule has 4 aromatic carbocycles. The van der Waals surface area contributed by atoms with E-state index in [0.29, 0.717) is 33.3 Å². The van der Waals surface area contributed by atoms with E-state index in [2.05, 4.69) is 6.07 Å². The lowest BCUT2D eigenvalue weighted by Gasteiger charge is -2.17. The van der Waals surface area contributed by atoms with Crippen LogP contribution in [0.5, 0.6) is 5.75 Å². The van der Waals surface area contributed by atoms with Gasteiger partial charge in [-0.05, 0) is 41.5 Å². The number of halogens is 3. The number of benzene rings is 4. The van der Waals surface area contributed by atoms with Crippen LogP contribution in [0, 0.1) is 28.8 Å². The normalized spacial score (nSPS) is 11.7. The summed E-state index contributed by atoms with van der Waals surface area (Å²) in [5, 5.41) is 10.1. The number of ether oxygens (including phenoxy) is 2. The second-order valence-electron chi connectivity index (χ2n) is 9.60. The van der Waals surface area contributed by atoms with Crippen molar-refractivity contribution >= 4 is 16.9 Å². The Morgan fingerprint density at radius 3 is 2.34 bits per heavy atom. The standard InChI is InChI=1S/C33H25F3N2O3/c1-20(14-15-37)32-30(22-8-10-23(11-9-22)33(39)40-2)31-28(38(32)25-12-13-26(35)27(36)18-25)16-24(34)17-29(31)41-19-21-6-4-3-5-7-21/h3-13,16-18,20H,14,19H2,1-2H3. The first-order chi connectivity index (χ1) is 19.8. The average molecular weight is 555 g/mol. The van der Waals surface area contributed by atoms with Gasteiger partial charge in [-0.2, -0.15) is 5.26 Å². The molecule has 0 aliphatic heterocycles. The minimum Gasteiger partial charge on any atom is -0.488 e. The van der Waals surface area contributed by atoms with Crippen LogP contribution in [-0.2, 0) is 11.3 Å². The molecular formula is C33H25F3N2O3. The monoisotopic (exact) mass is 554 g/mol. The maximum absolute atomic E-state index is 15.2. The van der Waals surface area contributed by atoms with E-state index in [9.17, 15) is 18.8 Å². The van der Waals surface area contributed by atoms with E-state index in [1.807, 2.05) is 37.3 Å². The molecule has 0 saturated carbocycles. The van der Waals surface area contributed by atoms with Crippen LogP contribution >= 0.6 is 0 Å². The summed E-state index contributed by atoms with van der Waals surface area (Å²) in [7, 11) is 1.29. The van der Waals surface area contributed by atoms with Crippen molar-refractivity contribution in [1.82, 2.24) is 4.57 Å². The van der Waals surface area contributed by atoms with Crippen LogP contribution in [-0.4, -0.2) is 17.6 Å². The zero-order valence-corrected chi connectivity index (χ0v) is 22.3. The van der Waals surface area contributed by atoms with Crippen molar-refractivity contribution < 1.29 is 27.4 Å². The molecule has 0 N–H and O–H groups in total. The van der Waals surface area contributed by atoms with Gasteiger partial charge in [0.2, 0.25) is 0 Å². The molecule has 1 heterocycles. The van der Waals surface area contributed by atoms with E-state index >= 15 is 4.39 Å². The summed E-state index contributed by atoms with van der Waals surface area (Å²) < 4.78 is 56.3. The second-order valence-corrected chi connectivity index (χ2v) is 9.60. The van der Waals surface area contributed by atoms with Crippen molar-refractivity contribution in [3.63, 3.8) is 0 Å². The number of nitriles is 1. The van der Waals surface area contributed by atoms with Gasteiger partial charge in [0.25, 0.3) is 0 Å². The Labute approximate surface area is 235 Å². The predicted molar refractivity (Wildman–Crippen MR) is 149 cm³/mol. The Morgan fingerprint density at radius 2 is 1.68 bits per heavy atom. The van der Waals surface area contributed by atoms with Crippen LogP contribution in [0.4, 0.5) is 13.2 Å². The molecule has 0 amide bonds. The highest BCUT2D eigenvalue weighted by atomic mass is 19.2. The van der Waals surface area contributed by atoms with E-state index in [0.717, 1.165) is 17.7 Å². The van der Waals surface area contributed by atoms with E-state index in [-0.39, 0.29) is 24.5 Å². The summed E-state index contributed by atoms with van der Waals surface area (Å²) in [6.45, 7) is 1.99. The number of fused-ring (bicyclic) bond motifs is 1. The highest BCUT2D eigenvalue weighted by Crippen LogP contribution is 2.46. The SMILES string of the molecule is COC(=O)c1ccc(-c2c(C(C)CC#N)n(-c3ccc(F)c(F)c3)c3cc(F)cc(OCc4ccccc4)c23)cc1. The van der Waals surface area contributed by atoms with Crippen LogP contribution in [0.25, 0.3) is 27.7 Å². The molecule has 1 aromatic heterocycles. The van der Waals surface area contributed by atoms with Crippen molar-refractivity contribution in [2.45, 2.75) is 25.9 Å². The fourth-order valence-electron chi connectivity index (χ4n) is 5.00. The van der Waals surface area contributed by atoms with Crippen molar-refractivity contribution in [2.24, 2.45) is 0 Å².